The van der Waals surface area contributed by atoms with E-state index in [-0.39, 0.29) is 0 Å². The predicted octanol–water partition coefficient (Wildman–Crippen LogP) is 5.66. The van der Waals surface area contributed by atoms with Crippen molar-refractivity contribution in [2.75, 3.05) is 19.6 Å². The summed E-state index contributed by atoms with van der Waals surface area (Å²) in [6.07, 6.45) is 6.32. The van der Waals surface area contributed by atoms with Gasteiger partial charge in [0.1, 0.15) is 12.4 Å². The second kappa shape index (κ2) is 9.98. The summed E-state index contributed by atoms with van der Waals surface area (Å²) >= 11 is 6.03. The first-order valence-electron chi connectivity index (χ1n) is 12.6. The standard InChI is InChI=1S/C30H33ClN2O3/c1-29(2,34)22-9-12-28-26(19-22)24(25-5-3-15-32-27(25)20-36-28)6-4-16-33-17-13-30(35,14-18-33)21-7-10-23(31)11-8-21/h3,5-12,15,19,34-35H,4,13-14,16-18,20H2,1-2H3. The van der Waals surface area contributed by atoms with Crippen LogP contribution < -0.4 is 4.74 Å². The fourth-order valence-corrected chi connectivity index (χ4v) is 5.27. The van der Waals surface area contributed by atoms with E-state index in [1.54, 1.807) is 20.0 Å². The van der Waals surface area contributed by atoms with Crippen LogP contribution in [0.2, 0.25) is 5.02 Å². The maximum Gasteiger partial charge on any atom is 0.131 e. The lowest BCUT2D eigenvalue weighted by Gasteiger charge is -2.38. The molecule has 0 radical (unpaired) electrons. The van der Waals surface area contributed by atoms with Crippen LogP contribution in [0.1, 0.15) is 61.1 Å². The minimum absolute atomic E-state index is 0.414. The molecule has 36 heavy (non-hydrogen) atoms. The summed E-state index contributed by atoms with van der Waals surface area (Å²) in [5, 5.41) is 22.5. The number of likely N-dealkylation sites (tertiary alicyclic amines) is 1. The highest BCUT2D eigenvalue weighted by atomic mass is 35.5. The molecule has 5 rings (SSSR count). The smallest absolute Gasteiger partial charge is 0.131 e. The van der Waals surface area contributed by atoms with E-state index < -0.39 is 11.2 Å². The molecule has 0 amide bonds. The first kappa shape index (κ1) is 25.0. The van der Waals surface area contributed by atoms with E-state index in [4.69, 9.17) is 16.3 Å². The zero-order valence-electron chi connectivity index (χ0n) is 20.9. The average Bonchev–Trinajstić information content (AvgIpc) is 3.02. The van der Waals surface area contributed by atoms with Crippen LogP contribution in [-0.4, -0.2) is 39.7 Å². The summed E-state index contributed by atoms with van der Waals surface area (Å²) in [4.78, 5) is 6.98. The zero-order valence-corrected chi connectivity index (χ0v) is 21.6. The van der Waals surface area contributed by atoms with Crippen LogP contribution in [-0.2, 0) is 17.8 Å². The molecule has 0 unspecified atom stereocenters. The first-order valence-corrected chi connectivity index (χ1v) is 13.0. The number of benzene rings is 2. The van der Waals surface area contributed by atoms with Crippen LogP contribution in [0.5, 0.6) is 5.75 Å². The van der Waals surface area contributed by atoms with Gasteiger partial charge in [0.2, 0.25) is 0 Å². The number of nitrogens with zero attached hydrogens (tertiary/aromatic N) is 2. The van der Waals surface area contributed by atoms with Gasteiger partial charge in [0, 0.05) is 42.0 Å². The molecule has 0 bridgehead atoms. The SMILES string of the molecule is CC(C)(O)c1ccc2c(c1)C(=CCCN1CCC(O)(c3ccc(Cl)cc3)CC1)c1cccnc1CO2. The number of rotatable bonds is 5. The molecule has 5 nitrogen and oxygen atoms in total. The minimum Gasteiger partial charge on any atom is -0.487 e. The van der Waals surface area contributed by atoms with E-state index >= 15 is 0 Å². The van der Waals surface area contributed by atoms with Gasteiger partial charge in [-0.1, -0.05) is 41.9 Å². The van der Waals surface area contributed by atoms with Crippen molar-refractivity contribution in [2.24, 2.45) is 0 Å². The summed E-state index contributed by atoms with van der Waals surface area (Å²) in [5.41, 5.74) is 4.10. The molecule has 1 saturated heterocycles. The number of ether oxygens (including phenoxy) is 1. The summed E-state index contributed by atoms with van der Waals surface area (Å²) < 4.78 is 6.11. The lowest BCUT2D eigenvalue weighted by molar-refractivity contribution is -0.0254. The van der Waals surface area contributed by atoms with Gasteiger partial charge in [0.25, 0.3) is 0 Å². The van der Waals surface area contributed by atoms with E-state index in [9.17, 15) is 10.2 Å². The first-order chi connectivity index (χ1) is 17.2. The molecular weight excluding hydrogens is 472 g/mol. The molecule has 1 fully saturated rings. The molecule has 3 heterocycles. The third-order valence-electron chi connectivity index (χ3n) is 7.38. The Morgan fingerprint density at radius 3 is 2.56 bits per heavy atom. The van der Waals surface area contributed by atoms with Gasteiger partial charge < -0.3 is 19.8 Å². The van der Waals surface area contributed by atoms with Gasteiger partial charge in [-0.2, -0.15) is 0 Å². The summed E-state index contributed by atoms with van der Waals surface area (Å²) in [6, 6.07) is 17.5. The summed E-state index contributed by atoms with van der Waals surface area (Å²) in [7, 11) is 0. The highest BCUT2D eigenvalue weighted by Crippen LogP contribution is 2.39. The van der Waals surface area contributed by atoms with Crippen molar-refractivity contribution in [1.29, 1.82) is 0 Å². The van der Waals surface area contributed by atoms with E-state index in [0.717, 1.165) is 65.3 Å². The van der Waals surface area contributed by atoms with E-state index in [2.05, 4.69) is 22.0 Å². The van der Waals surface area contributed by atoms with E-state index in [0.29, 0.717) is 24.5 Å². The largest absolute Gasteiger partial charge is 0.487 e. The highest BCUT2D eigenvalue weighted by Gasteiger charge is 2.33. The molecule has 0 spiro atoms. The lowest BCUT2D eigenvalue weighted by Crippen LogP contribution is -2.42. The molecule has 6 heteroatoms. The quantitative estimate of drug-likeness (QED) is 0.469. The lowest BCUT2D eigenvalue weighted by atomic mass is 9.84. The predicted molar refractivity (Wildman–Crippen MR) is 143 cm³/mol. The number of pyridine rings is 1. The van der Waals surface area contributed by atoms with Gasteiger partial charge in [0.05, 0.1) is 16.9 Å². The number of hydrogen-bond donors (Lipinski definition) is 2. The molecule has 2 aromatic carbocycles. The molecule has 0 saturated carbocycles. The van der Waals surface area contributed by atoms with Crippen molar-refractivity contribution < 1.29 is 14.9 Å². The number of fused-ring (bicyclic) bond motifs is 2. The second-order valence-corrected chi connectivity index (χ2v) is 10.8. The maximum atomic E-state index is 11.2. The van der Waals surface area contributed by atoms with Gasteiger partial charge in [-0.3, -0.25) is 4.98 Å². The number of aliphatic hydroxyl groups is 2. The van der Waals surface area contributed by atoms with Gasteiger partial charge in [-0.15, -0.1) is 0 Å². The fourth-order valence-electron chi connectivity index (χ4n) is 5.14. The fraction of sp³-hybridized carbons (Fsp3) is 0.367. The van der Waals surface area contributed by atoms with Crippen LogP contribution in [0.15, 0.2) is 66.9 Å². The molecule has 1 aromatic heterocycles. The van der Waals surface area contributed by atoms with Crippen molar-refractivity contribution in [3.63, 3.8) is 0 Å². The number of halogens is 1. The molecule has 2 N–H and O–H groups in total. The van der Waals surface area contributed by atoms with E-state index in [1.807, 2.05) is 48.5 Å². The van der Waals surface area contributed by atoms with Crippen molar-refractivity contribution in [1.82, 2.24) is 9.88 Å². The summed E-state index contributed by atoms with van der Waals surface area (Å²) in [6.45, 7) is 6.58. The molecule has 2 aliphatic heterocycles. The second-order valence-electron chi connectivity index (χ2n) is 10.3. The topological polar surface area (TPSA) is 65.8 Å². The zero-order chi connectivity index (χ0) is 25.3. The Morgan fingerprint density at radius 2 is 1.83 bits per heavy atom. The van der Waals surface area contributed by atoms with Crippen molar-refractivity contribution in [3.8, 4) is 5.75 Å². The average molecular weight is 505 g/mol. The normalized spacial score (nSPS) is 18.8. The van der Waals surface area contributed by atoms with Crippen LogP contribution in [0, 0.1) is 0 Å². The van der Waals surface area contributed by atoms with Crippen LogP contribution in [0.25, 0.3) is 5.57 Å². The van der Waals surface area contributed by atoms with Gasteiger partial charge in [-0.05, 0) is 80.1 Å². The molecule has 2 aliphatic rings. The molecule has 3 aromatic rings. The van der Waals surface area contributed by atoms with Crippen LogP contribution in [0.4, 0.5) is 0 Å². The third-order valence-corrected chi connectivity index (χ3v) is 7.63. The number of piperidine rings is 1. The van der Waals surface area contributed by atoms with Crippen LogP contribution in [0.3, 0.4) is 0 Å². The Balaban J connectivity index is 1.34. The van der Waals surface area contributed by atoms with Crippen molar-refractivity contribution in [2.45, 2.75) is 50.9 Å². The monoisotopic (exact) mass is 504 g/mol. The summed E-state index contributed by atoms with van der Waals surface area (Å²) in [5.74, 6) is 0.804. The van der Waals surface area contributed by atoms with Crippen molar-refractivity contribution in [3.05, 3.63) is 99.8 Å². The maximum absolute atomic E-state index is 11.2. The van der Waals surface area contributed by atoms with Gasteiger partial charge in [-0.25, -0.2) is 0 Å². The molecular formula is C30H33ClN2O3. The van der Waals surface area contributed by atoms with E-state index in [1.165, 1.54) is 0 Å². The molecule has 0 aliphatic carbocycles. The Morgan fingerprint density at radius 1 is 1.08 bits per heavy atom. The van der Waals surface area contributed by atoms with Crippen LogP contribution >= 0.6 is 11.6 Å². The minimum atomic E-state index is -0.946. The Labute approximate surface area is 218 Å². The Kier molecular flexibility index (Phi) is 6.92. The molecule has 0 atom stereocenters. The van der Waals surface area contributed by atoms with Gasteiger partial charge >= 0.3 is 0 Å². The van der Waals surface area contributed by atoms with Crippen molar-refractivity contribution >= 4 is 17.2 Å². The molecule has 188 valence electrons. The number of aromatic nitrogens is 1. The Hall–Kier alpha value is -2.70. The number of hydrogen-bond acceptors (Lipinski definition) is 5. The van der Waals surface area contributed by atoms with Gasteiger partial charge in [0.15, 0.2) is 0 Å². The Bertz CT molecular complexity index is 1260. The highest BCUT2D eigenvalue weighted by molar-refractivity contribution is 6.30. The third kappa shape index (κ3) is 5.21.